The maximum absolute atomic E-state index is 5.01. The van der Waals surface area contributed by atoms with Crippen molar-refractivity contribution in [1.29, 1.82) is 0 Å². The molecule has 10 aromatic rings. The Balaban J connectivity index is 1.09. The molecule has 1 aromatic heterocycles. The van der Waals surface area contributed by atoms with Gasteiger partial charge in [-0.15, -0.1) is 0 Å². The van der Waals surface area contributed by atoms with Crippen molar-refractivity contribution in [3.05, 3.63) is 235 Å². The van der Waals surface area contributed by atoms with Crippen molar-refractivity contribution in [3.63, 3.8) is 0 Å². The molecule has 3 heteroatoms. The summed E-state index contributed by atoms with van der Waals surface area (Å²) < 4.78 is 0. The minimum atomic E-state index is -0.538. The zero-order valence-electron chi connectivity index (χ0n) is 31.0. The summed E-state index contributed by atoms with van der Waals surface area (Å²) in [7, 11) is 0. The largest absolute Gasteiger partial charge is 0.208 e. The molecule has 1 unspecified atom stereocenters. The summed E-state index contributed by atoms with van der Waals surface area (Å²) in [6, 6.07) is 76.0. The molecule has 0 aliphatic heterocycles. The van der Waals surface area contributed by atoms with Crippen LogP contribution in [0.4, 0.5) is 0 Å². The highest BCUT2D eigenvalue weighted by atomic mass is 15.0. The molecule has 0 saturated carbocycles. The summed E-state index contributed by atoms with van der Waals surface area (Å²) in [5.41, 5.74) is 12.3. The van der Waals surface area contributed by atoms with Crippen LogP contribution >= 0.6 is 0 Å². The number of hydrogen-bond acceptors (Lipinski definition) is 3. The number of hydrogen-bond donors (Lipinski definition) is 0. The zero-order valence-corrected chi connectivity index (χ0v) is 31.0. The Morgan fingerprint density at radius 2 is 0.754 bits per heavy atom. The molecule has 11 rings (SSSR count). The van der Waals surface area contributed by atoms with Gasteiger partial charge in [-0.05, 0) is 72.1 Å². The van der Waals surface area contributed by atoms with Crippen molar-refractivity contribution >= 4 is 21.5 Å². The van der Waals surface area contributed by atoms with Gasteiger partial charge in [0.1, 0.15) is 0 Å². The Kier molecular flexibility index (Phi) is 7.71. The minimum Gasteiger partial charge on any atom is -0.208 e. The predicted octanol–water partition coefficient (Wildman–Crippen LogP) is 13.2. The Hall–Kier alpha value is -7.49. The van der Waals surface area contributed by atoms with Gasteiger partial charge in [0.15, 0.2) is 17.5 Å². The average molecular weight is 726 g/mol. The Labute approximate surface area is 331 Å². The first kappa shape index (κ1) is 32.9. The van der Waals surface area contributed by atoms with Crippen molar-refractivity contribution in [2.24, 2.45) is 0 Å². The van der Waals surface area contributed by atoms with Gasteiger partial charge in [0.25, 0.3) is 0 Å². The molecule has 9 aromatic carbocycles. The normalized spacial score (nSPS) is 14.4. The number of rotatable bonds is 6. The van der Waals surface area contributed by atoms with Crippen LogP contribution in [-0.4, -0.2) is 15.0 Å². The van der Waals surface area contributed by atoms with Crippen LogP contribution in [0.5, 0.6) is 0 Å². The first-order valence-corrected chi connectivity index (χ1v) is 19.4. The van der Waals surface area contributed by atoms with E-state index in [0.29, 0.717) is 17.5 Å². The van der Waals surface area contributed by atoms with Crippen molar-refractivity contribution < 1.29 is 0 Å². The average Bonchev–Trinajstić information content (AvgIpc) is 3.62. The van der Waals surface area contributed by atoms with Crippen molar-refractivity contribution in [2.75, 3.05) is 0 Å². The molecule has 0 spiro atoms. The van der Waals surface area contributed by atoms with Crippen LogP contribution in [0.1, 0.15) is 22.3 Å². The monoisotopic (exact) mass is 725 g/mol. The Morgan fingerprint density at radius 1 is 0.298 bits per heavy atom. The van der Waals surface area contributed by atoms with Crippen LogP contribution in [0.3, 0.4) is 0 Å². The molecule has 1 heterocycles. The molecule has 0 N–H and O–H groups in total. The molecule has 0 fully saturated rings. The standard InChI is InChI=1S/C54H35N3/c1-4-17-37(18-5-1)51-55-52(38-19-6-2-7-20-38)57-53(56-51)40-22-16-21-39(35-40)36-31-33-42(34-32-36)54(41-23-8-3-9-24-41)48-30-15-14-29-47(48)49-45-27-12-10-25-43(45)44-26-11-13-28-46(44)50(49)54/h1-35H. The van der Waals surface area contributed by atoms with Crippen molar-refractivity contribution in [1.82, 2.24) is 15.0 Å². The van der Waals surface area contributed by atoms with Crippen LogP contribution in [0, 0.1) is 0 Å². The summed E-state index contributed by atoms with van der Waals surface area (Å²) >= 11 is 0. The summed E-state index contributed by atoms with van der Waals surface area (Å²) in [6.07, 6.45) is 0. The highest BCUT2D eigenvalue weighted by Crippen LogP contribution is 2.60. The van der Waals surface area contributed by atoms with Gasteiger partial charge in [-0.1, -0.05) is 206 Å². The van der Waals surface area contributed by atoms with E-state index in [4.69, 9.17) is 15.0 Å². The fourth-order valence-corrected chi connectivity index (χ4v) is 9.12. The van der Waals surface area contributed by atoms with Gasteiger partial charge >= 0.3 is 0 Å². The lowest BCUT2D eigenvalue weighted by Crippen LogP contribution is -2.28. The molecule has 0 radical (unpaired) electrons. The van der Waals surface area contributed by atoms with Crippen LogP contribution in [-0.2, 0) is 5.41 Å². The molecular formula is C54H35N3. The van der Waals surface area contributed by atoms with E-state index in [0.717, 1.165) is 27.8 Å². The number of benzene rings is 9. The third-order valence-electron chi connectivity index (χ3n) is 11.6. The molecule has 0 bridgehead atoms. The second-order valence-corrected chi connectivity index (χ2v) is 14.7. The number of nitrogens with zero attached hydrogens (tertiary/aromatic N) is 3. The third kappa shape index (κ3) is 5.24. The smallest absolute Gasteiger partial charge is 0.164 e. The molecule has 266 valence electrons. The maximum atomic E-state index is 5.01. The second kappa shape index (κ2) is 13.4. The molecule has 0 amide bonds. The van der Waals surface area contributed by atoms with Crippen LogP contribution in [0.2, 0.25) is 0 Å². The molecule has 0 saturated heterocycles. The molecule has 1 atom stereocenters. The summed E-state index contributed by atoms with van der Waals surface area (Å²) in [5.74, 6) is 1.94. The SMILES string of the molecule is c1ccc(-c2nc(-c3ccccc3)nc(-c3cccc(-c4ccc(C5(c6ccccc6)c6ccccc6-c6c5c5ccccc5c5ccccc65)cc4)c3)n2)cc1. The highest BCUT2D eigenvalue weighted by molar-refractivity contribution is 6.19. The van der Waals surface area contributed by atoms with E-state index < -0.39 is 5.41 Å². The van der Waals surface area contributed by atoms with E-state index >= 15 is 0 Å². The number of aromatic nitrogens is 3. The van der Waals surface area contributed by atoms with Crippen LogP contribution < -0.4 is 0 Å². The van der Waals surface area contributed by atoms with Gasteiger partial charge in [0.2, 0.25) is 0 Å². The van der Waals surface area contributed by atoms with Crippen molar-refractivity contribution in [2.45, 2.75) is 5.41 Å². The van der Waals surface area contributed by atoms with Gasteiger partial charge in [0, 0.05) is 16.7 Å². The summed E-state index contributed by atoms with van der Waals surface area (Å²) in [4.78, 5) is 14.9. The second-order valence-electron chi connectivity index (χ2n) is 14.7. The quantitative estimate of drug-likeness (QED) is 0.160. The molecule has 3 nitrogen and oxygen atoms in total. The molecule has 1 aliphatic rings. The lowest BCUT2D eigenvalue weighted by atomic mass is 9.66. The Bertz CT molecular complexity index is 3050. The highest BCUT2D eigenvalue weighted by Gasteiger charge is 2.47. The van der Waals surface area contributed by atoms with Crippen LogP contribution in [0.25, 0.3) is 78.0 Å². The topological polar surface area (TPSA) is 38.7 Å². The lowest BCUT2D eigenvalue weighted by molar-refractivity contribution is 0.776. The number of fused-ring (bicyclic) bond motifs is 8. The third-order valence-corrected chi connectivity index (χ3v) is 11.6. The van der Waals surface area contributed by atoms with Gasteiger partial charge in [0.05, 0.1) is 5.41 Å². The van der Waals surface area contributed by atoms with E-state index in [1.807, 2.05) is 60.7 Å². The van der Waals surface area contributed by atoms with Gasteiger partial charge in [-0.25, -0.2) is 15.0 Å². The Morgan fingerprint density at radius 3 is 1.40 bits per heavy atom. The predicted molar refractivity (Wildman–Crippen MR) is 234 cm³/mol. The summed E-state index contributed by atoms with van der Waals surface area (Å²) in [6.45, 7) is 0. The van der Waals surface area contributed by atoms with E-state index in [1.54, 1.807) is 0 Å². The fraction of sp³-hybridized carbons (Fsp3) is 0.0185. The van der Waals surface area contributed by atoms with Gasteiger partial charge in [-0.2, -0.15) is 0 Å². The molecule has 57 heavy (non-hydrogen) atoms. The van der Waals surface area contributed by atoms with E-state index in [9.17, 15) is 0 Å². The van der Waals surface area contributed by atoms with Gasteiger partial charge in [-0.3, -0.25) is 0 Å². The first-order chi connectivity index (χ1) is 28.3. The first-order valence-electron chi connectivity index (χ1n) is 19.4. The van der Waals surface area contributed by atoms with E-state index in [1.165, 1.54) is 54.9 Å². The van der Waals surface area contributed by atoms with E-state index in [-0.39, 0.29) is 0 Å². The van der Waals surface area contributed by atoms with Gasteiger partial charge < -0.3 is 0 Å². The fourth-order valence-electron chi connectivity index (χ4n) is 9.12. The zero-order chi connectivity index (χ0) is 37.8. The maximum Gasteiger partial charge on any atom is 0.164 e. The minimum absolute atomic E-state index is 0.538. The summed E-state index contributed by atoms with van der Waals surface area (Å²) in [5, 5.41) is 5.13. The van der Waals surface area contributed by atoms with Crippen LogP contribution in [0.15, 0.2) is 212 Å². The van der Waals surface area contributed by atoms with Crippen molar-refractivity contribution in [3.8, 4) is 56.4 Å². The molecule has 1 aliphatic carbocycles. The van der Waals surface area contributed by atoms with E-state index in [2.05, 4.69) is 152 Å². The molecular weight excluding hydrogens is 691 g/mol. The lowest BCUT2D eigenvalue weighted by Gasteiger charge is -2.35.